The van der Waals surface area contributed by atoms with Crippen LogP contribution in [0.1, 0.15) is 46.1 Å². The van der Waals surface area contributed by atoms with E-state index < -0.39 is 344 Å². The first-order chi connectivity index (χ1) is 57.9. The highest BCUT2D eigenvalue weighted by molar-refractivity contribution is 7.47. The van der Waals surface area contributed by atoms with Crippen molar-refractivity contribution >= 4 is 51.2 Å². The van der Waals surface area contributed by atoms with Crippen LogP contribution < -0.4 is 21.3 Å². The molecule has 57 heteroatoms. The van der Waals surface area contributed by atoms with Gasteiger partial charge in [0, 0.05) is 39.2 Å². The molecule has 7 aliphatic heterocycles. The monoisotopic (exact) mass is 1830 g/mol. The van der Waals surface area contributed by atoms with Crippen molar-refractivity contribution in [3.63, 3.8) is 0 Å². The molecule has 7 fully saturated rings. The number of benzene rings is 1. The van der Waals surface area contributed by atoms with Crippen molar-refractivity contribution in [1.82, 2.24) is 21.3 Å². The molecule has 123 heavy (non-hydrogen) atoms. The zero-order chi connectivity index (χ0) is 91.0. The summed E-state index contributed by atoms with van der Waals surface area (Å²) >= 11 is 0. The molecule has 0 bridgehead atoms. The molecule has 702 valence electrons. The number of nitrogens with one attached hydrogen (secondary N) is 4. The minimum absolute atomic E-state index is 0.0111. The number of carboxylic acids is 2. The van der Waals surface area contributed by atoms with Crippen molar-refractivity contribution in [2.24, 2.45) is 5.11 Å². The second kappa shape index (κ2) is 46.0. The van der Waals surface area contributed by atoms with Gasteiger partial charge in [-0.3, -0.25) is 37.3 Å². The van der Waals surface area contributed by atoms with Crippen molar-refractivity contribution < 1.29 is 234 Å². The summed E-state index contributed by atoms with van der Waals surface area (Å²) in [7, 11) is -11.5. The van der Waals surface area contributed by atoms with Gasteiger partial charge in [0.2, 0.25) is 35.6 Å². The van der Waals surface area contributed by atoms with E-state index >= 15 is 0 Å². The number of carboxylic acid groups (broad SMARTS) is 2. The molecule has 0 aliphatic carbocycles. The molecule has 4 amide bonds. The number of ether oxygens (including phenoxy) is 14. The third-order valence-electron chi connectivity index (χ3n) is 20.2. The minimum Gasteiger partial charge on any atom is -0.479 e. The van der Waals surface area contributed by atoms with Crippen molar-refractivity contribution in [2.75, 3.05) is 66.0 Å². The number of phosphoric acid groups is 2. The topological polar surface area (TPSA) is 845 Å². The molecule has 7 aliphatic rings. The SMILES string of the molecule is CC(=O)N[C@H]1[C@@H](O[C@H]2[C@H](O)[C@@H](COP(=O)(O)OC[C@H]3O[C@H](O[C@@H]4[C@@H](NC(C)=O)[C@@H](O[C@H](CO)C(=O)O)O[C@H](COP(=O)(O)OC[C@H]5O[C@@H](OC[C@H]6O[C@@H](OC[C@H]7O[C@@H](CCCN=[N+]=[N-])[C@H](O)[C@@H](O)[C@@H]7O)[C@H](O)[C@@H](O)[C@@H]6O)[C@H](O)[C@@H](O)[C@@H]5O)[C@H]4OCc4ccccc4)[C@H](NC(C)=O)[C@@H](O)[C@@H]3O)O[C@H](O[C@H](CO)C(=O)O)[C@@]2(O)NC(C)=O)O[C@H](CO)[C@@H](O)[C@@H]1O. The normalized spacial score (nSPS) is 40.0. The molecular weight excluding hydrogens is 1720 g/mol. The first-order valence-electron chi connectivity index (χ1n) is 37.9. The van der Waals surface area contributed by atoms with Crippen LogP contribution in [0.4, 0.5) is 0 Å². The second-order valence-corrected chi connectivity index (χ2v) is 32.2. The van der Waals surface area contributed by atoms with Crippen LogP contribution in [0.5, 0.6) is 0 Å². The molecule has 7 heterocycles. The number of nitrogens with zero attached hydrogens (tertiary/aromatic N) is 3. The van der Waals surface area contributed by atoms with Crippen LogP contribution in [-0.4, -0.2) is 440 Å². The third-order valence-corrected chi connectivity index (χ3v) is 22.1. The van der Waals surface area contributed by atoms with E-state index in [2.05, 4.69) is 26.0 Å². The van der Waals surface area contributed by atoms with Gasteiger partial charge in [-0.2, -0.15) is 0 Å². The molecule has 7 saturated heterocycles. The molecule has 26 N–H and O–H groups in total. The summed E-state index contributed by atoms with van der Waals surface area (Å²) in [6, 6.07) is 1.81. The Morgan fingerprint density at radius 2 is 0.870 bits per heavy atom. The molecule has 2 unspecified atom stereocenters. The summed E-state index contributed by atoms with van der Waals surface area (Å²) in [5.74, 6) is -7.98. The van der Waals surface area contributed by atoms with Crippen molar-refractivity contribution in [1.29, 1.82) is 0 Å². The van der Waals surface area contributed by atoms with Gasteiger partial charge in [-0.15, -0.1) is 0 Å². The predicted molar refractivity (Wildman–Crippen MR) is 386 cm³/mol. The molecule has 8 rings (SSSR count). The van der Waals surface area contributed by atoms with Crippen LogP contribution >= 0.6 is 15.6 Å². The van der Waals surface area contributed by atoms with Gasteiger partial charge in [0.1, 0.15) is 165 Å². The Morgan fingerprint density at radius 1 is 0.463 bits per heavy atom. The van der Waals surface area contributed by atoms with Crippen LogP contribution in [0.3, 0.4) is 0 Å². The molecular formula is C66H105N7O48P2. The zero-order valence-corrected chi connectivity index (χ0v) is 67.3. The highest BCUT2D eigenvalue weighted by atomic mass is 31.2. The molecule has 0 aromatic heterocycles. The standard InChI is InChI=1S/C66H105N7O48P2/c1-23(77)69-38-49(89)43(83)34(19-107-122(100,101)109-21-36-47(87)57(66(99,72-26(4)80)65(119-36)118-31(15-76)59(97)98)121-61-39(70-24(2)78)48(88)42(82)29(13-74)112-61)114-60(38)120-56-40(71-25(3)79)62(113-30(14-75)58(95)96)117-37(55(56)104-16-27-9-6-5-7-10-27)22-110-123(102,103)108-20-35-46(86)52(92)54(94)64(116-35)106-18-33-45(85)51(91)53(93)63(115-33)105-17-32-44(84)50(90)41(81)28(111-32)11-8-12-68-73-67/h5-7,9-10,28-57,60-65,74-76,81-94,99H,8,11-22H2,1-4H3,(H,69,77)(H,70,78)(H,71,79)(H,72,80)(H,95,96)(H,97,98)(H,100,101)(H,102,103)/t28-,29+,30+,31+,32+,33+,34+,35+,36+,37+,38+,39+,40+,41-,42+,43+,44+,45+,46+,47+,48+,49+,50+,51-,52-,53+,54+,55+,56+,57-,60+,61+,62-,63+,64+,65-,66+/m0/s1. The zero-order valence-electron chi connectivity index (χ0n) is 65.6. The quantitative estimate of drug-likeness (QED) is 0.00722. The minimum atomic E-state index is -5.83. The first kappa shape index (κ1) is 103. The lowest BCUT2D eigenvalue weighted by molar-refractivity contribution is -0.386. The first-order valence-corrected chi connectivity index (χ1v) is 40.9. The average Bonchev–Trinajstić information content (AvgIpc) is 0.750. The summed E-state index contributed by atoms with van der Waals surface area (Å²) in [6.07, 6.45) is -68.3. The smallest absolute Gasteiger partial charge is 0.472 e. The number of hydrogen-bond donors (Lipinski definition) is 26. The van der Waals surface area contributed by atoms with E-state index in [1.54, 1.807) is 18.2 Å². The highest BCUT2D eigenvalue weighted by Gasteiger charge is 2.63. The van der Waals surface area contributed by atoms with Crippen molar-refractivity contribution in [3.8, 4) is 0 Å². The summed E-state index contributed by atoms with van der Waals surface area (Å²) in [5.41, 5.74) is 5.56. The maximum atomic E-state index is 14.1. The highest BCUT2D eigenvalue weighted by Crippen LogP contribution is 2.48. The molecule has 0 spiro atoms. The van der Waals surface area contributed by atoms with Crippen LogP contribution in [-0.2, 0) is 129 Å². The lowest BCUT2D eigenvalue weighted by Gasteiger charge is -2.52. The maximum Gasteiger partial charge on any atom is 0.472 e. The fraction of sp³-hybridized carbons (Fsp3) is 0.818. The van der Waals surface area contributed by atoms with E-state index in [1.807, 2.05) is 5.32 Å². The number of amides is 4. The fourth-order valence-electron chi connectivity index (χ4n) is 13.9. The number of hydrogen-bond acceptors (Lipinski definition) is 45. The fourth-order valence-corrected chi connectivity index (χ4v) is 15.4. The van der Waals surface area contributed by atoms with Gasteiger partial charge in [0.05, 0.1) is 72.2 Å². The Labute approximate surface area is 695 Å². The van der Waals surface area contributed by atoms with Gasteiger partial charge in [-0.1, -0.05) is 35.4 Å². The number of carbonyl (C=O) groups is 6. The number of aliphatic hydroxyl groups is 18. The van der Waals surface area contributed by atoms with Gasteiger partial charge >= 0.3 is 27.6 Å². The largest absolute Gasteiger partial charge is 0.479 e. The average molecular weight is 1830 g/mol. The number of aliphatic hydroxyl groups excluding tert-OH is 17. The Hall–Kier alpha value is -5.71. The van der Waals surface area contributed by atoms with E-state index in [-0.39, 0.29) is 19.4 Å². The number of aliphatic carboxylic acids is 2. The molecule has 0 saturated carbocycles. The Morgan fingerprint density at radius 3 is 1.34 bits per heavy atom. The number of rotatable bonds is 42. The van der Waals surface area contributed by atoms with Gasteiger partial charge in [-0.25, -0.2) is 18.7 Å². The van der Waals surface area contributed by atoms with Crippen LogP contribution in [0.15, 0.2) is 35.4 Å². The Balaban J connectivity index is 1.02. The van der Waals surface area contributed by atoms with Gasteiger partial charge in [0.15, 0.2) is 43.7 Å². The number of phosphoric ester groups is 2. The molecule has 39 atom stereocenters. The Kier molecular flexibility index (Phi) is 38.4. The van der Waals surface area contributed by atoms with E-state index in [1.165, 1.54) is 12.1 Å². The van der Waals surface area contributed by atoms with Gasteiger partial charge in [-0.05, 0) is 23.9 Å². The molecule has 55 nitrogen and oxygen atoms in total. The van der Waals surface area contributed by atoms with Gasteiger partial charge < -0.3 is 200 Å². The summed E-state index contributed by atoms with van der Waals surface area (Å²) in [5, 5.41) is 229. The maximum absolute atomic E-state index is 14.1. The molecule has 0 radical (unpaired) electrons. The van der Waals surface area contributed by atoms with Crippen LogP contribution in [0.2, 0.25) is 0 Å². The van der Waals surface area contributed by atoms with Gasteiger partial charge in [0.25, 0.3) is 0 Å². The van der Waals surface area contributed by atoms with Crippen molar-refractivity contribution in [3.05, 3.63) is 46.3 Å². The summed E-state index contributed by atoms with van der Waals surface area (Å²) in [4.78, 5) is 102. The number of carbonyl (C=O) groups excluding carboxylic acids is 4. The molecule has 1 aromatic rings. The predicted octanol–water partition coefficient (Wildman–Crippen LogP) is -12.8. The second-order valence-electron chi connectivity index (χ2n) is 29.3. The van der Waals surface area contributed by atoms with E-state index in [9.17, 15) is 150 Å². The summed E-state index contributed by atoms with van der Waals surface area (Å²) < 4.78 is 130. The van der Waals surface area contributed by atoms with Crippen molar-refractivity contribution in [2.45, 2.75) is 274 Å². The molecule has 1 aromatic carbocycles. The Bertz CT molecular complexity index is 3730. The lowest BCUT2D eigenvalue weighted by Crippen LogP contribution is -2.76. The van der Waals surface area contributed by atoms with E-state index in [0.717, 1.165) is 27.7 Å². The lowest BCUT2D eigenvalue weighted by atomic mass is 9.91. The van der Waals surface area contributed by atoms with Crippen LogP contribution in [0, 0.1) is 0 Å². The number of azide groups is 1. The van der Waals surface area contributed by atoms with E-state index in [0.29, 0.717) is 5.56 Å². The third kappa shape index (κ3) is 26.8. The van der Waals surface area contributed by atoms with E-state index in [4.69, 9.17) is 89.9 Å². The van der Waals surface area contributed by atoms with Crippen LogP contribution in [0.25, 0.3) is 10.4 Å². The summed E-state index contributed by atoms with van der Waals surface area (Å²) in [6.45, 7) is -7.96.